The molecule has 0 fully saturated rings. The average molecular weight is 206 g/mol. The molecule has 4 heteroatoms. The van der Waals surface area contributed by atoms with Crippen molar-refractivity contribution < 1.29 is 0 Å². The first-order valence-corrected chi connectivity index (χ1v) is 4.97. The molecule has 1 rings (SSSR count). The van der Waals surface area contributed by atoms with Crippen LogP contribution in [0.25, 0.3) is 0 Å². The summed E-state index contributed by atoms with van der Waals surface area (Å²) < 4.78 is 1.87. The van der Waals surface area contributed by atoms with Gasteiger partial charge in [-0.15, -0.1) is 11.8 Å². The van der Waals surface area contributed by atoms with Crippen LogP contribution in [-0.4, -0.2) is 9.78 Å². The zero-order chi connectivity index (χ0) is 11.4. The van der Waals surface area contributed by atoms with Crippen LogP contribution in [-0.2, 0) is 7.05 Å². The van der Waals surface area contributed by atoms with E-state index in [0.717, 1.165) is 17.0 Å². The van der Waals surface area contributed by atoms with Crippen LogP contribution in [0.3, 0.4) is 0 Å². The van der Waals surface area contributed by atoms with Gasteiger partial charge in [0.25, 0.3) is 0 Å². The third-order valence-corrected chi connectivity index (χ3v) is 2.60. The van der Waals surface area contributed by atoms with Crippen LogP contribution < -0.4 is 11.3 Å². The van der Waals surface area contributed by atoms with Gasteiger partial charge < -0.3 is 0 Å². The summed E-state index contributed by atoms with van der Waals surface area (Å²) in [6.45, 7) is 5.86. The van der Waals surface area contributed by atoms with Gasteiger partial charge in [0.2, 0.25) is 0 Å². The summed E-state index contributed by atoms with van der Waals surface area (Å²) in [4.78, 5) is 0. The van der Waals surface area contributed by atoms with Crippen LogP contribution in [0.15, 0.2) is 0 Å². The summed E-state index contributed by atoms with van der Waals surface area (Å²) in [5.74, 6) is 11.4. The third-order valence-electron chi connectivity index (χ3n) is 2.60. The summed E-state index contributed by atoms with van der Waals surface area (Å²) >= 11 is 0. The lowest BCUT2D eigenvalue weighted by molar-refractivity contribution is 0.561. The fraction of sp³-hybridized carbons (Fsp3) is 0.545. The van der Waals surface area contributed by atoms with Crippen molar-refractivity contribution in [3.05, 3.63) is 17.0 Å². The standard InChI is InChI=1S/C11H18N4/c1-5-6-7-10(13-12)11-8(2)14-15(4)9(11)3/h10,13H,7,12H2,1-4H3. The van der Waals surface area contributed by atoms with Gasteiger partial charge >= 0.3 is 0 Å². The van der Waals surface area contributed by atoms with Gasteiger partial charge in [-0.2, -0.15) is 5.10 Å². The Morgan fingerprint density at radius 1 is 1.53 bits per heavy atom. The smallest absolute Gasteiger partial charge is 0.0645 e. The number of nitrogens with zero attached hydrogens (tertiary/aromatic N) is 2. The van der Waals surface area contributed by atoms with Crippen LogP contribution in [0.2, 0.25) is 0 Å². The Morgan fingerprint density at radius 2 is 2.20 bits per heavy atom. The normalized spacial score (nSPS) is 12.1. The first kappa shape index (κ1) is 11.8. The molecular formula is C11H18N4. The number of nitrogens with one attached hydrogen (secondary N) is 1. The zero-order valence-corrected chi connectivity index (χ0v) is 9.76. The van der Waals surface area contributed by atoms with Crippen molar-refractivity contribution in [2.45, 2.75) is 33.2 Å². The molecule has 0 aliphatic heterocycles. The number of rotatable bonds is 3. The minimum absolute atomic E-state index is 0.0612. The van der Waals surface area contributed by atoms with Gasteiger partial charge in [-0.1, -0.05) is 0 Å². The molecule has 1 heterocycles. The van der Waals surface area contributed by atoms with E-state index in [4.69, 9.17) is 5.84 Å². The molecule has 0 saturated carbocycles. The largest absolute Gasteiger partial charge is 0.272 e. The Kier molecular flexibility index (Phi) is 3.89. The maximum atomic E-state index is 5.54. The van der Waals surface area contributed by atoms with Crippen molar-refractivity contribution in [2.75, 3.05) is 0 Å². The number of nitrogens with two attached hydrogens (primary N) is 1. The number of aromatic nitrogens is 2. The summed E-state index contributed by atoms with van der Waals surface area (Å²) in [6.07, 6.45) is 0.709. The highest BCUT2D eigenvalue weighted by molar-refractivity contribution is 5.29. The van der Waals surface area contributed by atoms with Crippen molar-refractivity contribution in [3.63, 3.8) is 0 Å². The monoisotopic (exact) mass is 206 g/mol. The second-order valence-corrected chi connectivity index (χ2v) is 3.56. The molecule has 0 saturated heterocycles. The fourth-order valence-corrected chi connectivity index (χ4v) is 1.74. The summed E-state index contributed by atoms with van der Waals surface area (Å²) in [5, 5.41) is 4.36. The summed E-state index contributed by atoms with van der Waals surface area (Å²) in [6, 6.07) is 0.0612. The number of hydrogen-bond acceptors (Lipinski definition) is 3. The van der Waals surface area contributed by atoms with Gasteiger partial charge in [-0.05, 0) is 20.8 Å². The highest BCUT2D eigenvalue weighted by atomic mass is 15.3. The molecule has 0 amide bonds. The Hall–Kier alpha value is -1.31. The molecule has 0 aliphatic carbocycles. The number of hydrogen-bond donors (Lipinski definition) is 2. The quantitative estimate of drug-likeness (QED) is 0.440. The minimum Gasteiger partial charge on any atom is -0.272 e. The molecule has 0 bridgehead atoms. The van der Waals surface area contributed by atoms with Gasteiger partial charge in [0.15, 0.2) is 0 Å². The molecule has 0 spiro atoms. The van der Waals surface area contributed by atoms with Gasteiger partial charge in [-0.25, -0.2) is 0 Å². The van der Waals surface area contributed by atoms with E-state index in [-0.39, 0.29) is 6.04 Å². The van der Waals surface area contributed by atoms with E-state index in [1.54, 1.807) is 0 Å². The first-order chi connectivity index (χ1) is 7.11. The van der Waals surface area contributed by atoms with Crippen LogP contribution in [0, 0.1) is 25.7 Å². The molecule has 1 aromatic rings. The minimum atomic E-state index is 0.0612. The Balaban J connectivity index is 3.04. The van der Waals surface area contributed by atoms with Gasteiger partial charge in [0.05, 0.1) is 11.7 Å². The maximum absolute atomic E-state index is 5.54. The maximum Gasteiger partial charge on any atom is 0.0645 e. The molecule has 15 heavy (non-hydrogen) atoms. The van der Waals surface area contributed by atoms with Crippen molar-refractivity contribution in [2.24, 2.45) is 12.9 Å². The predicted octanol–water partition coefficient (Wildman–Crippen LogP) is 0.955. The number of aryl methyl sites for hydroxylation is 2. The molecule has 3 N–H and O–H groups in total. The molecular weight excluding hydrogens is 188 g/mol. The Morgan fingerprint density at radius 3 is 2.60 bits per heavy atom. The van der Waals surface area contributed by atoms with Crippen LogP contribution >= 0.6 is 0 Å². The van der Waals surface area contributed by atoms with E-state index in [2.05, 4.69) is 22.4 Å². The van der Waals surface area contributed by atoms with E-state index in [9.17, 15) is 0 Å². The lowest BCUT2D eigenvalue weighted by Crippen LogP contribution is -2.28. The van der Waals surface area contributed by atoms with Crippen molar-refractivity contribution >= 4 is 0 Å². The predicted molar refractivity (Wildman–Crippen MR) is 60.8 cm³/mol. The van der Waals surface area contributed by atoms with Gasteiger partial charge in [-0.3, -0.25) is 16.0 Å². The fourth-order valence-electron chi connectivity index (χ4n) is 1.74. The molecule has 1 aromatic heterocycles. The van der Waals surface area contributed by atoms with Gasteiger partial charge in [0.1, 0.15) is 0 Å². The lowest BCUT2D eigenvalue weighted by atomic mass is 10.0. The molecule has 1 atom stereocenters. The first-order valence-electron chi connectivity index (χ1n) is 4.97. The highest BCUT2D eigenvalue weighted by Gasteiger charge is 2.17. The lowest BCUT2D eigenvalue weighted by Gasteiger charge is -2.13. The van der Waals surface area contributed by atoms with E-state index in [1.165, 1.54) is 0 Å². The van der Waals surface area contributed by atoms with E-state index in [0.29, 0.717) is 6.42 Å². The average Bonchev–Trinajstić information content (AvgIpc) is 2.45. The van der Waals surface area contributed by atoms with Crippen molar-refractivity contribution in [1.82, 2.24) is 15.2 Å². The highest BCUT2D eigenvalue weighted by Crippen LogP contribution is 2.22. The van der Waals surface area contributed by atoms with Crippen LogP contribution in [0.5, 0.6) is 0 Å². The molecule has 0 aliphatic rings. The second kappa shape index (κ2) is 4.96. The van der Waals surface area contributed by atoms with Crippen molar-refractivity contribution in [3.8, 4) is 11.8 Å². The van der Waals surface area contributed by atoms with E-state index < -0.39 is 0 Å². The molecule has 0 aromatic carbocycles. The Bertz CT molecular complexity index is 395. The molecule has 0 radical (unpaired) electrons. The van der Waals surface area contributed by atoms with Crippen molar-refractivity contribution in [1.29, 1.82) is 0 Å². The third kappa shape index (κ3) is 2.38. The van der Waals surface area contributed by atoms with E-state index in [1.807, 2.05) is 32.5 Å². The number of hydrazine groups is 1. The zero-order valence-electron chi connectivity index (χ0n) is 9.76. The molecule has 82 valence electrons. The van der Waals surface area contributed by atoms with E-state index >= 15 is 0 Å². The SMILES string of the molecule is CC#CCC(NN)c1c(C)nn(C)c1C. The Labute approximate surface area is 90.8 Å². The topological polar surface area (TPSA) is 55.9 Å². The van der Waals surface area contributed by atoms with Gasteiger partial charge in [0, 0.05) is 24.7 Å². The molecule has 4 nitrogen and oxygen atoms in total. The summed E-state index contributed by atoms with van der Waals surface area (Å²) in [5.41, 5.74) is 6.09. The van der Waals surface area contributed by atoms with Crippen LogP contribution in [0.1, 0.15) is 36.3 Å². The second-order valence-electron chi connectivity index (χ2n) is 3.56. The molecule has 1 unspecified atom stereocenters. The van der Waals surface area contributed by atoms with Crippen LogP contribution in [0.4, 0.5) is 0 Å². The summed E-state index contributed by atoms with van der Waals surface area (Å²) in [7, 11) is 1.94.